The summed E-state index contributed by atoms with van der Waals surface area (Å²) in [5.41, 5.74) is 14.4. The van der Waals surface area contributed by atoms with Gasteiger partial charge in [0.25, 0.3) is 5.91 Å². The minimum absolute atomic E-state index is 0.118. The van der Waals surface area contributed by atoms with E-state index >= 15 is 0 Å². The molecule has 130 valence electrons. The molecule has 0 radical (unpaired) electrons. The first kappa shape index (κ1) is 17.1. The highest BCUT2D eigenvalue weighted by Crippen LogP contribution is 2.36. The smallest absolute Gasteiger partial charge is 0.280 e. The SMILES string of the molecule is NC(N)=NC(=O)c1ccc2c(c1)C(c1ccc(F)cc1O)=C=CC=C2F. The maximum atomic E-state index is 14.3. The lowest BCUT2D eigenvalue weighted by molar-refractivity contribution is 0.100. The molecule has 5 N–H and O–H groups in total. The molecule has 0 unspecified atom stereocenters. The number of aromatic hydroxyl groups is 1. The molecule has 0 saturated carbocycles. The van der Waals surface area contributed by atoms with Gasteiger partial charge in [0.2, 0.25) is 0 Å². The van der Waals surface area contributed by atoms with E-state index in [9.17, 15) is 18.7 Å². The van der Waals surface area contributed by atoms with Crippen molar-refractivity contribution < 1.29 is 18.7 Å². The van der Waals surface area contributed by atoms with Crippen LogP contribution in [0.15, 0.2) is 59.3 Å². The first-order valence-corrected chi connectivity index (χ1v) is 7.47. The van der Waals surface area contributed by atoms with Crippen molar-refractivity contribution in [3.8, 4) is 5.75 Å². The predicted molar refractivity (Wildman–Crippen MR) is 94.3 cm³/mol. The highest BCUT2D eigenvalue weighted by molar-refractivity contribution is 6.03. The number of carbonyl (C=O) groups is 1. The summed E-state index contributed by atoms with van der Waals surface area (Å²) in [4.78, 5) is 15.5. The summed E-state index contributed by atoms with van der Waals surface area (Å²) in [6.45, 7) is 0. The zero-order valence-electron chi connectivity index (χ0n) is 13.3. The molecule has 0 atom stereocenters. The van der Waals surface area contributed by atoms with Crippen molar-refractivity contribution in [1.29, 1.82) is 0 Å². The van der Waals surface area contributed by atoms with Crippen LogP contribution in [0.3, 0.4) is 0 Å². The number of allylic oxidation sites excluding steroid dienone is 2. The van der Waals surface area contributed by atoms with Gasteiger partial charge in [-0.2, -0.15) is 4.99 Å². The fraction of sp³-hybridized carbons (Fsp3) is 0. The van der Waals surface area contributed by atoms with Crippen LogP contribution in [0.25, 0.3) is 11.4 Å². The van der Waals surface area contributed by atoms with Crippen molar-refractivity contribution in [3.63, 3.8) is 0 Å². The van der Waals surface area contributed by atoms with E-state index in [1.807, 2.05) is 0 Å². The molecule has 2 aromatic carbocycles. The second-order valence-electron chi connectivity index (χ2n) is 5.46. The van der Waals surface area contributed by atoms with Crippen molar-refractivity contribution in [2.24, 2.45) is 16.5 Å². The Morgan fingerprint density at radius 2 is 1.77 bits per heavy atom. The van der Waals surface area contributed by atoms with Crippen molar-refractivity contribution in [3.05, 3.63) is 82.4 Å². The molecule has 5 nitrogen and oxygen atoms in total. The zero-order chi connectivity index (χ0) is 18.8. The summed E-state index contributed by atoms with van der Waals surface area (Å²) in [5, 5.41) is 10.1. The number of guanidine groups is 1. The highest BCUT2D eigenvalue weighted by Gasteiger charge is 2.19. The topological polar surface area (TPSA) is 102 Å². The van der Waals surface area contributed by atoms with Crippen LogP contribution in [0, 0.1) is 5.82 Å². The minimum atomic E-state index is -0.701. The Kier molecular flexibility index (Phi) is 4.39. The molecule has 1 amide bonds. The number of carbonyl (C=O) groups excluding carboxylic acids is 1. The van der Waals surface area contributed by atoms with Crippen LogP contribution in [0.2, 0.25) is 0 Å². The predicted octanol–water partition coefficient (Wildman–Crippen LogP) is 2.86. The normalized spacial score (nSPS) is 12.5. The molecule has 0 aromatic heterocycles. The van der Waals surface area contributed by atoms with Crippen LogP contribution in [-0.2, 0) is 0 Å². The van der Waals surface area contributed by atoms with Gasteiger partial charge in [0.05, 0.1) is 0 Å². The van der Waals surface area contributed by atoms with Crippen molar-refractivity contribution in [1.82, 2.24) is 0 Å². The summed E-state index contributed by atoms with van der Waals surface area (Å²) in [7, 11) is 0. The summed E-state index contributed by atoms with van der Waals surface area (Å²) >= 11 is 0. The molecule has 1 aliphatic carbocycles. The number of fused-ring (bicyclic) bond motifs is 1. The van der Waals surface area contributed by atoms with Crippen LogP contribution in [0.5, 0.6) is 5.75 Å². The number of hydrogen-bond acceptors (Lipinski definition) is 2. The van der Waals surface area contributed by atoms with Gasteiger partial charge in [-0.05, 0) is 36.4 Å². The van der Waals surface area contributed by atoms with Crippen LogP contribution < -0.4 is 11.5 Å². The number of phenolic OH excluding ortho intramolecular Hbond substituents is 1. The van der Waals surface area contributed by atoms with Crippen LogP contribution in [-0.4, -0.2) is 17.0 Å². The quantitative estimate of drug-likeness (QED) is 0.439. The van der Waals surface area contributed by atoms with Gasteiger partial charge in [-0.15, -0.1) is 5.73 Å². The number of nitrogens with two attached hydrogens (primary N) is 2. The van der Waals surface area contributed by atoms with E-state index in [0.29, 0.717) is 5.57 Å². The van der Waals surface area contributed by atoms with E-state index < -0.39 is 23.5 Å². The lowest BCUT2D eigenvalue weighted by Crippen LogP contribution is -2.24. The highest BCUT2D eigenvalue weighted by atomic mass is 19.1. The molecular formula is C19H13F2N3O2. The van der Waals surface area contributed by atoms with Crippen molar-refractivity contribution in [2.45, 2.75) is 0 Å². The lowest BCUT2D eigenvalue weighted by Gasteiger charge is -2.12. The third kappa shape index (κ3) is 3.24. The summed E-state index contributed by atoms with van der Waals surface area (Å²) in [5.74, 6) is -2.61. The Bertz CT molecular complexity index is 1040. The molecule has 0 fully saturated rings. The minimum Gasteiger partial charge on any atom is -0.507 e. The van der Waals surface area contributed by atoms with Crippen molar-refractivity contribution >= 4 is 23.3 Å². The number of amides is 1. The van der Waals surface area contributed by atoms with Gasteiger partial charge in [-0.25, -0.2) is 8.78 Å². The van der Waals surface area contributed by atoms with Crippen molar-refractivity contribution in [2.75, 3.05) is 0 Å². The molecule has 1 aliphatic rings. The molecule has 2 aromatic rings. The monoisotopic (exact) mass is 353 g/mol. The Balaban J connectivity index is 2.22. The fourth-order valence-corrected chi connectivity index (χ4v) is 2.58. The van der Waals surface area contributed by atoms with Gasteiger partial charge in [0, 0.05) is 33.9 Å². The molecule has 7 heteroatoms. The molecule has 26 heavy (non-hydrogen) atoms. The van der Waals surface area contributed by atoms with E-state index in [1.165, 1.54) is 36.4 Å². The van der Waals surface area contributed by atoms with Crippen LogP contribution >= 0.6 is 0 Å². The standard InChI is InChI=1S/C19H13F2N3O2/c20-11-5-7-14(17(25)9-11)12-2-1-3-16(21)13-6-4-10(8-15(12)13)18(26)24-19(22)23/h1,3-9,25H,(H4,22,23,24,26). The van der Waals surface area contributed by atoms with Crippen LogP contribution in [0.1, 0.15) is 27.0 Å². The Morgan fingerprint density at radius 1 is 1.04 bits per heavy atom. The zero-order valence-corrected chi connectivity index (χ0v) is 13.3. The number of nitrogens with zero attached hydrogens (tertiary/aromatic N) is 1. The number of hydrogen-bond donors (Lipinski definition) is 3. The van der Waals surface area contributed by atoms with Crippen LogP contribution in [0.4, 0.5) is 8.78 Å². The second kappa shape index (κ2) is 6.66. The molecule has 3 rings (SSSR count). The maximum absolute atomic E-state index is 14.3. The second-order valence-corrected chi connectivity index (χ2v) is 5.46. The van der Waals surface area contributed by atoms with E-state index in [0.717, 1.165) is 12.1 Å². The molecule has 0 spiro atoms. The molecular weight excluding hydrogens is 340 g/mol. The number of rotatable bonds is 2. The third-order valence-electron chi connectivity index (χ3n) is 3.71. The number of benzene rings is 2. The third-order valence-corrected chi connectivity index (χ3v) is 3.71. The van der Waals surface area contributed by atoms with Gasteiger partial charge in [0.1, 0.15) is 17.4 Å². The van der Waals surface area contributed by atoms with Gasteiger partial charge in [-0.3, -0.25) is 4.79 Å². The van der Waals surface area contributed by atoms with E-state index in [4.69, 9.17) is 11.5 Å². The molecule has 0 saturated heterocycles. The summed E-state index contributed by atoms with van der Waals surface area (Å²) in [6, 6.07) is 7.62. The van der Waals surface area contributed by atoms with E-state index in [-0.39, 0.29) is 28.0 Å². The Morgan fingerprint density at radius 3 is 2.46 bits per heavy atom. The lowest BCUT2D eigenvalue weighted by atomic mass is 9.92. The number of aliphatic imine (C=N–C) groups is 1. The molecule has 0 heterocycles. The summed E-state index contributed by atoms with van der Waals surface area (Å²) in [6.07, 6.45) is 2.54. The first-order valence-electron chi connectivity index (χ1n) is 7.47. The van der Waals surface area contributed by atoms with Gasteiger partial charge < -0.3 is 16.6 Å². The molecule has 0 aliphatic heterocycles. The van der Waals surface area contributed by atoms with Gasteiger partial charge in [-0.1, -0.05) is 6.07 Å². The number of halogens is 2. The number of phenols is 1. The average molecular weight is 353 g/mol. The Hall–Kier alpha value is -3.70. The average Bonchev–Trinajstić information content (AvgIpc) is 2.73. The van der Waals surface area contributed by atoms with E-state index in [2.05, 4.69) is 10.7 Å². The van der Waals surface area contributed by atoms with Gasteiger partial charge in [0.15, 0.2) is 5.96 Å². The van der Waals surface area contributed by atoms with Gasteiger partial charge >= 0.3 is 0 Å². The Labute approximate surface area is 147 Å². The maximum Gasteiger partial charge on any atom is 0.280 e. The first-order chi connectivity index (χ1) is 12.4. The molecule has 0 bridgehead atoms. The van der Waals surface area contributed by atoms with E-state index in [1.54, 1.807) is 0 Å². The largest absolute Gasteiger partial charge is 0.507 e. The summed E-state index contributed by atoms with van der Waals surface area (Å²) < 4.78 is 27.6. The fourth-order valence-electron chi connectivity index (χ4n) is 2.58.